The van der Waals surface area contributed by atoms with Gasteiger partial charge in [0.05, 0.1) is 5.41 Å². The summed E-state index contributed by atoms with van der Waals surface area (Å²) in [5.41, 5.74) is 8.11. The van der Waals surface area contributed by atoms with Gasteiger partial charge in [-0.15, -0.1) is 0 Å². The molecule has 0 saturated carbocycles. The summed E-state index contributed by atoms with van der Waals surface area (Å²) in [6.45, 7) is 11.1. The molecule has 0 amide bonds. The van der Waals surface area contributed by atoms with Crippen molar-refractivity contribution in [2.45, 2.75) is 46.0 Å². The summed E-state index contributed by atoms with van der Waals surface area (Å²) >= 11 is 0. The Balaban J connectivity index is 1.93. The lowest BCUT2D eigenvalue weighted by Gasteiger charge is -2.45. The maximum Gasteiger partial charge on any atom is 0.123 e. The fourth-order valence-electron chi connectivity index (χ4n) is 5.94. The molecule has 5 rings (SSSR count). The van der Waals surface area contributed by atoms with E-state index in [2.05, 4.69) is 95.3 Å². The fraction of sp³-hybridized carbons (Fsp3) is 0.250. The van der Waals surface area contributed by atoms with Crippen LogP contribution in [0.15, 0.2) is 84.9 Å². The first-order valence-electron chi connectivity index (χ1n) is 12.0. The highest BCUT2D eigenvalue weighted by molar-refractivity contribution is 5.85. The van der Waals surface area contributed by atoms with Gasteiger partial charge in [0.15, 0.2) is 0 Å². The van der Waals surface area contributed by atoms with Crippen LogP contribution in [-0.4, -0.2) is 10.2 Å². The second-order valence-corrected chi connectivity index (χ2v) is 10.8. The van der Waals surface area contributed by atoms with E-state index in [0.29, 0.717) is 5.75 Å². The number of rotatable bonds is 3. The van der Waals surface area contributed by atoms with Gasteiger partial charge >= 0.3 is 0 Å². The summed E-state index contributed by atoms with van der Waals surface area (Å²) in [6.07, 6.45) is 0. The van der Waals surface area contributed by atoms with Gasteiger partial charge in [-0.2, -0.15) is 0 Å². The van der Waals surface area contributed by atoms with Crippen LogP contribution >= 0.6 is 0 Å². The monoisotopic (exact) mass is 448 g/mol. The Hall–Kier alpha value is -3.52. The lowest BCUT2D eigenvalue weighted by Crippen LogP contribution is -2.41. The molecule has 0 bridgehead atoms. The van der Waals surface area contributed by atoms with Gasteiger partial charge in [0.25, 0.3) is 0 Å². The summed E-state index contributed by atoms with van der Waals surface area (Å²) in [4.78, 5) is 0. The largest absolute Gasteiger partial charge is 0.508 e. The minimum atomic E-state index is -0.527. The van der Waals surface area contributed by atoms with Crippen LogP contribution in [0.1, 0.15) is 62.8 Å². The van der Waals surface area contributed by atoms with Crippen molar-refractivity contribution >= 4 is 0 Å². The highest BCUT2D eigenvalue weighted by Crippen LogP contribution is 2.62. The minimum Gasteiger partial charge on any atom is -0.508 e. The van der Waals surface area contributed by atoms with Gasteiger partial charge in [-0.05, 0) is 74.5 Å². The van der Waals surface area contributed by atoms with Crippen LogP contribution in [0.25, 0.3) is 22.3 Å². The molecular weight excluding hydrogens is 416 g/mol. The molecule has 1 aliphatic rings. The molecule has 34 heavy (non-hydrogen) atoms. The molecule has 0 atom stereocenters. The van der Waals surface area contributed by atoms with Crippen LogP contribution < -0.4 is 0 Å². The van der Waals surface area contributed by atoms with Crippen LogP contribution in [0.4, 0.5) is 0 Å². The van der Waals surface area contributed by atoms with Crippen molar-refractivity contribution in [3.63, 3.8) is 0 Å². The van der Waals surface area contributed by atoms with E-state index in [1.165, 1.54) is 22.3 Å². The number of phenolic OH excluding ortho intramolecular Hbond substituents is 2. The average Bonchev–Trinajstić information content (AvgIpc) is 3.11. The summed E-state index contributed by atoms with van der Waals surface area (Å²) in [7, 11) is 0. The Bertz CT molecular complexity index is 1330. The first kappa shape index (κ1) is 22.3. The highest BCUT2D eigenvalue weighted by atomic mass is 16.3. The predicted molar refractivity (Wildman–Crippen MR) is 141 cm³/mol. The number of hydrogen-bond donors (Lipinski definition) is 2. The molecule has 0 saturated heterocycles. The molecule has 0 heterocycles. The zero-order chi connectivity index (χ0) is 24.3. The van der Waals surface area contributed by atoms with Crippen molar-refractivity contribution in [1.29, 1.82) is 0 Å². The normalized spacial score (nSPS) is 14.2. The van der Waals surface area contributed by atoms with Gasteiger partial charge in [0, 0.05) is 5.56 Å². The first-order valence-corrected chi connectivity index (χ1v) is 12.0. The lowest BCUT2D eigenvalue weighted by atomic mass is 9.57. The SMILES string of the molecule is CC(C)c1cc(-c2ccc(O)cc2)cc(C2(C(C)(C)C)c3ccccc3-c3ccccc32)c1O. The van der Waals surface area contributed by atoms with Crippen LogP contribution in [0.5, 0.6) is 11.5 Å². The standard InChI is InChI=1S/C32H32O2/c1-20(2)26-18-22(21-14-16-23(33)17-15-21)19-29(30(26)34)32(31(3,4)5)27-12-8-6-10-24(27)25-11-7-9-13-28(25)32/h6-20,33-34H,1-5H3. The van der Waals surface area contributed by atoms with Crippen LogP contribution in [-0.2, 0) is 5.41 Å². The van der Waals surface area contributed by atoms with Crippen LogP contribution in [0.2, 0.25) is 0 Å². The molecule has 0 aliphatic heterocycles. The van der Waals surface area contributed by atoms with E-state index in [0.717, 1.165) is 22.3 Å². The van der Waals surface area contributed by atoms with Crippen molar-refractivity contribution in [3.8, 4) is 33.8 Å². The summed E-state index contributed by atoms with van der Waals surface area (Å²) in [6, 6.07) is 28.8. The molecule has 172 valence electrons. The maximum absolute atomic E-state index is 11.9. The fourth-order valence-corrected chi connectivity index (χ4v) is 5.94. The molecule has 1 aliphatic carbocycles. The lowest BCUT2D eigenvalue weighted by molar-refractivity contribution is 0.269. The number of hydrogen-bond acceptors (Lipinski definition) is 2. The smallest absolute Gasteiger partial charge is 0.123 e. The van der Waals surface area contributed by atoms with Crippen LogP contribution in [0, 0.1) is 5.41 Å². The van der Waals surface area contributed by atoms with Crippen molar-refractivity contribution in [3.05, 3.63) is 107 Å². The Kier molecular flexibility index (Phi) is 5.09. The summed E-state index contributed by atoms with van der Waals surface area (Å²) < 4.78 is 0. The van der Waals surface area contributed by atoms with E-state index in [9.17, 15) is 10.2 Å². The Labute approximate surface area is 202 Å². The van der Waals surface area contributed by atoms with E-state index >= 15 is 0 Å². The average molecular weight is 449 g/mol. The molecule has 0 radical (unpaired) electrons. The van der Waals surface area contributed by atoms with Gasteiger partial charge in [-0.25, -0.2) is 0 Å². The molecule has 2 heteroatoms. The molecule has 4 aromatic carbocycles. The molecule has 0 spiro atoms. The summed E-state index contributed by atoms with van der Waals surface area (Å²) in [5.74, 6) is 0.773. The molecule has 0 unspecified atom stereocenters. The Morgan fingerprint density at radius 1 is 0.647 bits per heavy atom. The highest BCUT2D eigenvalue weighted by Gasteiger charge is 2.53. The zero-order valence-corrected chi connectivity index (χ0v) is 20.6. The van der Waals surface area contributed by atoms with Crippen molar-refractivity contribution in [2.75, 3.05) is 0 Å². The quantitative estimate of drug-likeness (QED) is 0.331. The molecular formula is C32H32O2. The first-order chi connectivity index (χ1) is 16.2. The van der Waals surface area contributed by atoms with E-state index in [1.807, 2.05) is 12.1 Å². The second-order valence-electron chi connectivity index (χ2n) is 10.8. The molecule has 4 aromatic rings. The van der Waals surface area contributed by atoms with Gasteiger partial charge in [0.1, 0.15) is 11.5 Å². The van der Waals surface area contributed by atoms with Gasteiger partial charge in [0.2, 0.25) is 0 Å². The van der Waals surface area contributed by atoms with Crippen molar-refractivity contribution in [1.82, 2.24) is 0 Å². The maximum atomic E-state index is 11.9. The van der Waals surface area contributed by atoms with Gasteiger partial charge < -0.3 is 10.2 Å². The topological polar surface area (TPSA) is 40.5 Å². The third-order valence-corrected chi connectivity index (χ3v) is 7.44. The van der Waals surface area contributed by atoms with E-state index in [-0.39, 0.29) is 17.1 Å². The number of aromatic hydroxyl groups is 2. The van der Waals surface area contributed by atoms with Gasteiger partial charge in [-0.1, -0.05) is 95.3 Å². The molecule has 0 fully saturated rings. The third kappa shape index (κ3) is 3.09. The van der Waals surface area contributed by atoms with Gasteiger partial charge in [-0.3, -0.25) is 0 Å². The minimum absolute atomic E-state index is 0.153. The summed E-state index contributed by atoms with van der Waals surface area (Å²) in [5, 5.41) is 21.7. The van der Waals surface area contributed by atoms with E-state index in [1.54, 1.807) is 12.1 Å². The number of fused-ring (bicyclic) bond motifs is 3. The Morgan fingerprint density at radius 2 is 1.18 bits per heavy atom. The number of benzene rings is 4. The number of phenols is 2. The molecule has 2 N–H and O–H groups in total. The van der Waals surface area contributed by atoms with E-state index in [4.69, 9.17) is 0 Å². The predicted octanol–water partition coefficient (Wildman–Crippen LogP) is 8.25. The molecule has 0 aromatic heterocycles. The third-order valence-electron chi connectivity index (χ3n) is 7.44. The van der Waals surface area contributed by atoms with Crippen molar-refractivity contribution in [2.24, 2.45) is 5.41 Å². The second kappa shape index (κ2) is 7.77. The molecule has 2 nitrogen and oxygen atoms in total. The Morgan fingerprint density at radius 3 is 1.68 bits per heavy atom. The van der Waals surface area contributed by atoms with E-state index < -0.39 is 5.41 Å². The zero-order valence-electron chi connectivity index (χ0n) is 20.6. The van der Waals surface area contributed by atoms with Crippen LogP contribution in [0.3, 0.4) is 0 Å². The van der Waals surface area contributed by atoms with Crippen molar-refractivity contribution < 1.29 is 10.2 Å².